The van der Waals surface area contributed by atoms with Gasteiger partial charge in [0.1, 0.15) is 0 Å². The predicted molar refractivity (Wildman–Crippen MR) is 82.0 cm³/mol. The SMILES string of the molecule is Cc1nc(CN2CCO[C@@H](Cc3ccccc3)C2)cs1. The Morgan fingerprint density at radius 1 is 1.35 bits per heavy atom. The number of morpholine rings is 1. The second-order valence-electron chi connectivity index (χ2n) is 5.28. The molecule has 1 aromatic heterocycles. The van der Waals surface area contributed by atoms with Crippen LogP contribution in [0, 0.1) is 6.92 Å². The van der Waals surface area contributed by atoms with Gasteiger partial charge in [0.25, 0.3) is 0 Å². The van der Waals surface area contributed by atoms with Crippen molar-refractivity contribution in [2.24, 2.45) is 0 Å². The lowest BCUT2D eigenvalue weighted by Crippen LogP contribution is -2.42. The van der Waals surface area contributed by atoms with E-state index in [0.29, 0.717) is 6.10 Å². The molecule has 106 valence electrons. The topological polar surface area (TPSA) is 25.4 Å². The highest BCUT2D eigenvalue weighted by atomic mass is 32.1. The third kappa shape index (κ3) is 3.66. The predicted octanol–water partition coefficient (Wildman–Crippen LogP) is 2.90. The fourth-order valence-electron chi connectivity index (χ4n) is 2.63. The fourth-order valence-corrected chi connectivity index (χ4v) is 3.24. The van der Waals surface area contributed by atoms with E-state index in [2.05, 4.69) is 52.5 Å². The normalized spacial score (nSPS) is 20.1. The van der Waals surface area contributed by atoms with E-state index in [4.69, 9.17) is 4.74 Å². The molecule has 0 saturated carbocycles. The Morgan fingerprint density at radius 2 is 2.20 bits per heavy atom. The first kappa shape index (κ1) is 13.7. The number of rotatable bonds is 4. The second-order valence-corrected chi connectivity index (χ2v) is 6.34. The molecule has 0 spiro atoms. The number of benzene rings is 1. The largest absolute Gasteiger partial charge is 0.375 e. The minimum absolute atomic E-state index is 0.297. The lowest BCUT2D eigenvalue weighted by atomic mass is 10.1. The molecule has 1 fully saturated rings. The highest BCUT2D eigenvalue weighted by Crippen LogP contribution is 2.15. The summed E-state index contributed by atoms with van der Waals surface area (Å²) in [5.74, 6) is 0. The summed E-state index contributed by atoms with van der Waals surface area (Å²) >= 11 is 1.73. The zero-order valence-corrected chi connectivity index (χ0v) is 12.6. The van der Waals surface area contributed by atoms with E-state index in [9.17, 15) is 0 Å². The lowest BCUT2D eigenvalue weighted by molar-refractivity contribution is -0.0308. The van der Waals surface area contributed by atoms with Crippen LogP contribution in [0.3, 0.4) is 0 Å². The second kappa shape index (κ2) is 6.48. The van der Waals surface area contributed by atoms with Crippen LogP contribution in [0.2, 0.25) is 0 Å². The smallest absolute Gasteiger partial charge is 0.0897 e. The molecule has 0 aliphatic carbocycles. The third-order valence-corrected chi connectivity index (χ3v) is 4.40. The Balaban J connectivity index is 1.56. The molecule has 0 radical (unpaired) electrons. The summed E-state index contributed by atoms with van der Waals surface area (Å²) in [5, 5.41) is 3.31. The van der Waals surface area contributed by atoms with E-state index in [0.717, 1.165) is 37.7 Å². The highest BCUT2D eigenvalue weighted by molar-refractivity contribution is 7.09. The van der Waals surface area contributed by atoms with Gasteiger partial charge < -0.3 is 4.74 Å². The van der Waals surface area contributed by atoms with E-state index >= 15 is 0 Å². The van der Waals surface area contributed by atoms with E-state index < -0.39 is 0 Å². The molecule has 2 aromatic rings. The number of thiazole rings is 1. The van der Waals surface area contributed by atoms with Crippen molar-refractivity contribution in [1.29, 1.82) is 0 Å². The average molecular weight is 288 g/mol. The van der Waals surface area contributed by atoms with Crippen molar-refractivity contribution in [2.75, 3.05) is 19.7 Å². The molecule has 0 unspecified atom stereocenters. The Labute approximate surface area is 124 Å². The molecule has 0 bridgehead atoms. The van der Waals surface area contributed by atoms with Crippen molar-refractivity contribution in [3.63, 3.8) is 0 Å². The van der Waals surface area contributed by atoms with E-state index in [1.165, 1.54) is 11.3 Å². The Hall–Kier alpha value is -1.23. The minimum Gasteiger partial charge on any atom is -0.375 e. The van der Waals surface area contributed by atoms with E-state index in [1.807, 2.05) is 0 Å². The van der Waals surface area contributed by atoms with Crippen LogP contribution in [-0.2, 0) is 17.7 Å². The molecule has 3 nitrogen and oxygen atoms in total. The zero-order valence-electron chi connectivity index (χ0n) is 11.8. The standard InChI is InChI=1S/C16H20N2OS/c1-13-17-15(12-20-13)10-18-7-8-19-16(11-18)9-14-5-3-2-4-6-14/h2-6,12,16H,7-11H2,1H3/t16-/m0/s1. The van der Waals surface area contributed by atoms with Gasteiger partial charge >= 0.3 is 0 Å². The van der Waals surface area contributed by atoms with Crippen molar-refractivity contribution < 1.29 is 4.74 Å². The Bertz CT molecular complexity index is 540. The molecular formula is C16H20N2OS. The van der Waals surface area contributed by atoms with Crippen molar-refractivity contribution in [3.8, 4) is 0 Å². The molecule has 1 aliphatic heterocycles. The summed E-state index contributed by atoms with van der Waals surface area (Å²) in [6.45, 7) is 5.82. The van der Waals surface area contributed by atoms with Gasteiger partial charge in [0, 0.05) is 25.0 Å². The summed E-state index contributed by atoms with van der Waals surface area (Å²) in [6, 6.07) is 10.6. The number of hydrogen-bond acceptors (Lipinski definition) is 4. The van der Waals surface area contributed by atoms with Gasteiger partial charge in [0.2, 0.25) is 0 Å². The Kier molecular flexibility index (Phi) is 4.45. The summed E-state index contributed by atoms with van der Waals surface area (Å²) in [5.41, 5.74) is 2.54. The van der Waals surface area contributed by atoms with Gasteiger partial charge in [0.15, 0.2) is 0 Å². The van der Waals surface area contributed by atoms with Crippen LogP contribution < -0.4 is 0 Å². The van der Waals surface area contributed by atoms with Gasteiger partial charge in [-0.2, -0.15) is 0 Å². The molecule has 1 atom stereocenters. The number of ether oxygens (including phenoxy) is 1. The molecular weight excluding hydrogens is 268 g/mol. The third-order valence-electron chi connectivity index (χ3n) is 3.58. The maximum atomic E-state index is 5.90. The van der Waals surface area contributed by atoms with Gasteiger partial charge in [-0.3, -0.25) is 4.90 Å². The maximum Gasteiger partial charge on any atom is 0.0897 e. The molecule has 3 rings (SSSR count). The van der Waals surface area contributed by atoms with Crippen molar-refractivity contribution in [3.05, 3.63) is 52.0 Å². The van der Waals surface area contributed by atoms with Crippen molar-refractivity contribution in [2.45, 2.75) is 26.0 Å². The molecule has 0 amide bonds. The maximum absolute atomic E-state index is 5.90. The van der Waals surface area contributed by atoms with Crippen molar-refractivity contribution >= 4 is 11.3 Å². The first-order chi connectivity index (χ1) is 9.79. The zero-order chi connectivity index (χ0) is 13.8. The quantitative estimate of drug-likeness (QED) is 0.865. The molecule has 1 saturated heterocycles. The molecule has 4 heteroatoms. The van der Waals surface area contributed by atoms with Crippen LogP contribution in [0.25, 0.3) is 0 Å². The van der Waals surface area contributed by atoms with Crippen LogP contribution >= 0.6 is 11.3 Å². The average Bonchev–Trinajstić information content (AvgIpc) is 2.86. The minimum atomic E-state index is 0.297. The van der Waals surface area contributed by atoms with Crippen LogP contribution in [0.5, 0.6) is 0 Å². The fraction of sp³-hybridized carbons (Fsp3) is 0.438. The summed E-state index contributed by atoms with van der Waals surface area (Å²) in [7, 11) is 0. The summed E-state index contributed by atoms with van der Waals surface area (Å²) in [4.78, 5) is 7.00. The van der Waals surface area contributed by atoms with Gasteiger partial charge in [0.05, 0.1) is 23.4 Å². The number of aromatic nitrogens is 1. The van der Waals surface area contributed by atoms with Crippen LogP contribution in [0.15, 0.2) is 35.7 Å². The van der Waals surface area contributed by atoms with E-state index in [1.54, 1.807) is 11.3 Å². The monoisotopic (exact) mass is 288 g/mol. The molecule has 20 heavy (non-hydrogen) atoms. The van der Waals surface area contributed by atoms with Crippen LogP contribution in [-0.4, -0.2) is 35.7 Å². The lowest BCUT2D eigenvalue weighted by Gasteiger charge is -2.32. The van der Waals surface area contributed by atoms with Gasteiger partial charge in [-0.25, -0.2) is 4.98 Å². The van der Waals surface area contributed by atoms with Gasteiger partial charge in [-0.1, -0.05) is 30.3 Å². The molecule has 0 N–H and O–H groups in total. The first-order valence-electron chi connectivity index (χ1n) is 7.08. The first-order valence-corrected chi connectivity index (χ1v) is 7.96. The number of aryl methyl sites for hydroxylation is 1. The summed E-state index contributed by atoms with van der Waals surface area (Å²) in [6.07, 6.45) is 1.29. The van der Waals surface area contributed by atoms with Crippen molar-refractivity contribution in [1.82, 2.24) is 9.88 Å². The number of hydrogen-bond donors (Lipinski definition) is 0. The van der Waals surface area contributed by atoms with Crippen LogP contribution in [0.4, 0.5) is 0 Å². The molecule has 1 aliphatic rings. The van der Waals surface area contributed by atoms with E-state index in [-0.39, 0.29) is 0 Å². The van der Waals surface area contributed by atoms with Crippen LogP contribution in [0.1, 0.15) is 16.3 Å². The Morgan fingerprint density at radius 3 is 2.95 bits per heavy atom. The van der Waals surface area contributed by atoms with Gasteiger partial charge in [-0.15, -0.1) is 11.3 Å². The molecule has 1 aromatic carbocycles. The molecule has 2 heterocycles. The number of nitrogens with zero attached hydrogens (tertiary/aromatic N) is 2. The van der Waals surface area contributed by atoms with Gasteiger partial charge in [-0.05, 0) is 18.9 Å². The summed E-state index contributed by atoms with van der Waals surface area (Å²) < 4.78 is 5.90. The highest BCUT2D eigenvalue weighted by Gasteiger charge is 2.21.